The Hall–Kier alpha value is -1.23. The van der Waals surface area contributed by atoms with Crippen molar-refractivity contribution in [3.63, 3.8) is 0 Å². The number of hydrogen-bond donors (Lipinski definition) is 0. The molecule has 0 radical (unpaired) electrons. The molecule has 0 unspecified atom stereocenters. The average Bonchev–Trinajstić information content (AvgIpc) is 2.75. The maximum absolute atomic E-state index is 12.6. The number of aromatic nitrogens is 3. The zero-order valence-corrected chi connectivity index (χ0v) is 11.6. The second-order valence-corrected chi connectivity index (χ2v) is 5.93. The van der Waals surface area contributed by atoms with Crippen molar-refractivity contribution in [1.29, 1.82) is 0 Å². The lowest BCUT2D eigenvalue weighted by molar-refractivity contribution is -0.0388. The second kappa shape index (κ2) is 4.46. The van der Waals surface area contributed by atoms with Crippen molar-refractivity contribution < 1.29 is 9.53 Å². The fourth-order valence-corrected chi connectivity index (χ4v) is 2.58. The van der Waals surface area contributed by atoms with Crippen LogP contribution in [-0.4, -0.2) is 33.5 Å². The lowest BCUT2D eigenvalue weighted by Crippen LogP contribution is -2.46. The van der Waals surface area contributed by atoms with Gasteiger partial charge in [-0.25, -0.2) is 4.68 Å². The number of hydrogen-bond acceptors (Lipinski definition) is 4. The Kier molecular flexibility index (Phi) is 3.27. The van der Waals surface area contributed by atoms with Crippen LogP contribution in [0.1, 0.15) is 50.0 Å². The molecule has 0 aromatic carbocycles. The van der Waals surface area contributed by atoms with Crippen LogP contribution in [0.4, 0.5) is 0 Å². The van der Waals surface area contributed by atoms with Crippen molar-refractivity contribution in [2.24, 2.45) is 12.5 Å². The molecule has 1 aliphatic rings. The zero-order valence-electron chi connectivity index (χ0n) is 11.6. The Morgan fingerprint density at radius 3 is 2.39 bits per heavy atom. The molecule has 100 valence electrons. The van der Waals surface area contributed by atoms with Crippen molar-refractivity contribution in [3.05, 3.63) is 11.9 Å². The lowest BCUT2D eigenvalue weighted by Gasteiger charge is -2.41. The highest BCUT2D eigenvalue weighted by atomic mass is 16.5. The van der Waals surface area contributed by atoms with Gasteiger partial charge in [0, 0.05) is 14.2 Å². The zero-order chi connectivity index (χ0) is 13.4. The summed E-state index contributed by atoms with van der Waals surface area (Å²) in [5, 5.41) is 7.59. The van der Waals surface area contributed by atoms with Crippen LogP contribution >= 0.6 is 0 Å². The van der Waals surface area contributed by atoms with Gasteiger partial charge >= 0.3 is 0 Å². The van der Waals surface area contributed by atoms with Gasteiger partial charge in [0.15, 0.2) is 0 Å². The number of carbonyl (C=O) groups is 1. The fourth-order valence-electron chi connectivity index (χ4n) is 2.58. The van der Waals surface area contributed by atoms with Gasteiger partial charge in [-0.2, -0.15) is 0 Å². The molecule has 2 rings (SSSR count). The van der Waals surface area contributed by atoms with Crippen LogP contribution in [0.5, 0.6) is 0 Å². The van der Waals surface area contributed by atoms with Crippen molar-refractivity contribution in [1.82, 2.24) is 15.0 Å². The summed E-state index contributed by atoms with van der Waals surface area (Å²) in [6.07, 6.45) is 5.04. The Labute approximate surface area is 108 Å². The summed E-state index contributed by atoms with van der Waals surface area (Å²) in [5.41, 5.74) is 0.134. The van der Waals surface area contributed by atoms with Crippen molar-refractivity contribution in [2.75, 3.05) is 7.11 Å². The number of carbonyl (C=O) groups excluding carboxylic acids is 1. The molecular weight excluding hydrogens is 230 g/mol. The number of aryl methyl sites for hydroxylation is 1. The molecule has 1 aliphatic carbocycles. The van der Waals surface area contributed by atoms with Gasteiger partial charge in [-0.1, -0.05) is 19.1 Å². The molecule has 1 aromatic rings. The number of Topliss-reactive ketones (excluding diaryl/α,β-unsaturated/α-hetero) is 1. The van der Waals surface area contributed by atoms with Gasteiger partial charge in [0.1, 0.15) is 11.3 Å². The summed E-state index contributed by atoms with van der Waals surface area (Å²) in [6.45, 7) is 4.48. The SMILES string of the molecule is COC1(C(=O)c2cnnn2C)CCC(C)(C)CC1. The fraction of sp³-hybridized carbons (Fsp3) is 0.769. The van der Waals surface area contributed by atoms with Gasteiger partial charge in [-0.3, -0.25) is 4.79 Å². The summed E-state index contributed by atoms with van der Waals surface area (Å²) >= 11 is 0. The minimum Gasteiger partial charge on any atom is -0.370 e. The van der Waals surface area contributed by atoms with Gasteiger partial charge in [0.05, 0.1) is 6.20 Å². The van der Waals surface area contributed by atoms with E-state index in [0.29, 0.717) is 11.1 Å². The van der Waals surface area contributed by atoms with Crippen LogP contribution in [0, 0.1) is 5.41 Å². The molecule has 0 amide bonds. The van der Waals surface area contributed by atoms with Gasteiger partial charge in [0.25, 0.3) is 0 Å². The van der Waals surface area contributed by atoms with Crippen LogP contribution in [0.25, 0.3) is 0 Å². The van der Waals surface area contributed by atoms with E-state index in [9.17, 15) is 4.79 Å². The minimum atomic E-state index is -0.689. The van der Waals surface area contributed by atoms with Crippen LogP contribution < -0.4 is 0 Å². The molecule has 18 heavy (non-hydrogen) atoms. The average molecular weight is 251 g/mol. The Balaban J connectivity index is 2.24. The Morgan fingerprint density at radius 1 is 1.33 bits per heavy atom. The Bertz CT molecular complexity index is 441. The number of methoxy groups -OCH3 is 1. The highest BCUT2D eigenvalue weighted by Crippen LogP contribution is 2.43. The number of rotatable bonds is 3. The van der Waals surface area contributed by atoms with E-state index < -0.39 is 5.60 Å². The van der Waals surface area contributed by atoms with Crippen LogP contribution in [0.15, 0.2) is 6.20 Å². The van der Waals surface area contributed by atoms with Gasteiger partial charge in [-0.05, 0) is 31.1 Å². The Morgan fingerprint density at radius 2 is 1.94 bits per heavy atom. The van der Waals surface area contributed by atoms with E-state index in [2.05, 4.69) is 24.2 Å². The largest absolute Gasteiger partial charge is 0.370 e. The maximum atomic E-state index is 12.6. The van der Waals surface area contributed by atoms with Crippen LogP contribution in [0.2, 0.25) is 0 Å². The summed E-state index contributed by atoms with van der Waals surface area (Å²) < 4.78 is 7.11. The number of ketones is 1. The molecule has 5 heteroatoms. The summed E-state index contributed by atoms with van der Waals surface area (Å²) in [7, 11) is 3.36. The van der Waals surface area contributed by atoms with E-state index in [1.807, 2.05) is 0 Å². The highest BCUT2D eigenvalue weighted by molar-refractivity contribution is 6.01. The van der Waals surface area contributed by atoms with Gasteiger partial charge in [0.2, 0.25) is 5.78 Å². The smallest absolute Gasteiger partial charge is 0.214 e. The molecule has 0 saturated heterocycles. The first-order chi connectivity index (χ1) is 8.40. The summed E-state index contributed by atoms with van der Waals surface area (Å²) in [4.78, 5) is 12.6. The molecule has 0 aliphatic heterocycles. The molecule has 0 atom stereocenters. The maximum Gasteiger partial charge on any atom is 0.214 e. The van der Waals surface area contributed by atoms with E-state index in [0.717, 1.165) is 25.7 Å². The van der Waals surface area contributed by atoms with Crippen LogP contribution in [-0.2, 0) is 11.8 Å². The molecule has 0 N–H and O–H groups in total. The number of ether oxygens (including phenoxy) is 1. The molecule has 0 bridgehead atoms. The summed E-state index contributed by atoms with van der Waals surface area (Å²) in [6, 6.07) is 0. The quantitative estimate of drug-likeness (QED) is 0.771. The third-order valence-corrected chi connectivity index (χ3v) is 4.16. The minimum absolute atomic E-state index is 0.00741. The van der Waals surface area contributed by atoms with Crippen LogP contribution in [0.3, 0.4) is 0 Å². The molecular formula is C13H21N3O2. The van der Waals surface area contributed by atoms with Gasteiger partial charge in [-0.15, -0.1) is 5.10 Å². The van der Waals surface area contributed by atoms with E-state index in [4.69, 9.17) is 4.74 Å². The number of nitrogens with zero attached hydrogens (tertiary/aromatic N) is 3. The molecule has 0 spiro atoms. The van der Waals surface area contributed by atoms with Gasteiger partial charge < -0.3 is 4.74 Å². The standard InChI is InChI=1S/C13H21N3O2/c1-12(2)5-7-13(18-4,8-6-12)11(17)10-9-14-15-16(10)3/h9H,5-8H2,1-4H3. The first-order valence-corrected chi connectivity index (χ1v) is 6.35. The van der Waals surface area contributed by atoms with E-state index in [1.165, 1.54) is 10.9 Å². The third kappa shape index (κ3) is 2.19. The highest BCUT2D eigenvalue weighted by Gasteiger charge is 2.45. The van der Waals surface area contributed by atoms with E-state index in [-0.39, 0.29) is 5.78 Å². The second-order valence-electron chi connectivity index (χ2n) is 5.93. The summed E-state index contributed by atoms with van der Waals surface area (Å²) in [5.74, 6) is 0.00741. The van der Waals surface area contributed by atoms with Crippen molar-refractivity contribution >= 4 is 5.78 Å². The third-order valence-electron chi connectivity index (χ3n) is 4.16. The first kappa shape index (κ1) is 13.2. The molecule has 1 fully saturated rings. The topological polar surface area (TPSA) is 57.0 Å². The van der Waals surface area contributed by atoms with Crippen molar-refractivity contribution in [3.8, 4) is 0 Å². The van der Waals surface area contributed by atoms with E-state index >= 15 is 0 Å². The van der Waals surface area contributed by atoms with Crippen molar-refractivity contribution in [2.45, 2.75) is 45.1 Å². The monoisotopic (exact) mass is 251 g/mol. The van der Waals surface area contributed by atoms with E-state index in [1.54, 1.807) is 14.2 Å². The first-order valence-electron chi connectivity index (χ1n) is 6.35. The predicted molar refractivity (Wildman–Crippen MR) is 67.3 cm³/mol. The molecule has 1 aromatic heterocycles. The molecule has 5 nitrogen and oxygen atoms in total. The molecule has 1 saturated carbocycles. The normalized spacial score (nSPS) is 21.8. The predicted octanol–water partition coefficient (Wildman–Crippen LogP) is 1.98. The lowest BCUT2D eigenvalue weighted by atomic mass is 9.69. The molecule has 1 heterocycles.